The number of esters is 1. The van der Waals surface area contributed by atoms with Crippen LogP contribution in [0.5, 0.6) is 0 Å². The van der Waals surface area contributed by atoms with Gasteiger partial charge in [0.15, 0.2) is 6.10 Å². The first kappa shape index (κ1) is 24.4. The maximum atomic E-state index is 13.2. The van der Waals surface area contributed by atoms with Crippen molar-refractivity contribution in [2.75, 3.05) is 17.3 Å². The summed E-state index contributed by atoms with van der Waals surface area (Å²) in [5.41, 5.74) is 0.634. The highest BCUT2D eigenvalue weighted by Gasteiger charge is 2.45. The third-order valence-electron chi connectivity index (χ3n) is 5.50. The summed E-state index contributed by atoms with van der Waals surface area (Å²) in [6.45, 7) is 4.73. The van der Waals surface area contributed by atoms with E-state index in [0.29, 0.717) is 17.8 Å². The van der Waals surface area contributed by atoms with Crippen LogP contribution in [0.4, 0.5) is 11.4 Å². The number of benzene rings is 2. The van der Waals surface area contributed by atoms with E-state index in [4.69, 9.17) is 4.74 Å². The van der Waals surface area contributed by atoms with Crippen LogP contribution in [-0.2, 0) is 35.6 Å². The number of fused-ring (bicyclic) bond motifs is 1. The first-order valence-corrected chi connectivity index (χ1v) is 11.9. The van der Waals surface area contributed by atoms with Crippen molar-refractivity contribution in [3.8, 4) is 0 Å². The predicted octanol–water partition coefficient (Wildman–Crippen LogP) is 2.22. The molecular formula is C23H27N3O6S. The Kier molecular flexibility index (Phi) is 6.89. The van der Waals surface area contributed by atoms with Crippen molar-refractivity contribution in [1.82, 2.24) is 4.72 Å². The van der Waals surface area contributed by atoms with E-state index >= 15 is 0 Å². The Balaban J connectivity index is 1.65. The number of carbonyl (C=O) groups is 3. The lowest BCUT2D eigenvalue weighted by atomic mass is 9.95. The topological polar surface area (TPSA) is 122 Å². The number of sulfonamides is 1. The Morgan fingerprint density at radius 2 is 1.76 bits per heavy atom. The Morgan fingerprint density at radius 1 is 1.12 bits per heavy atom. The molecule has 0 spiro atoms. The Bertz CT molecular complexity index is 1170. The van der Waals surface area contributed by atoms with E-state index in [9.17, 15) is 22.8 Å². The SMILES string of the molecule is CNS(=O)(=O)c1ccc(CCC(=O)O[C@H](C)C(=O)N2c3ccccc3NC(=O)C2(C)C)cc1. The second-order valence-electron chi connectivity index (χ2n) is 8.19. The molecule has 0 bridgehead atoms. The normalized spacial score (nSPS) is 15.9. The Hall–Kier alpha value is -3.24. The largest absolute Gasteiger partial charge is 0.453 e. The van der Waals surface area contributed by atoms with Crippen LogP contribution in [0, 0.1) is 0 Å². The van der Waals surface area contributed by atoms with Crippen molar-refractivity contribution in [1.29, 1.82) is 0 Å². The van der Waals surface area contributed by atoms with Crippen LogP contribution in [0.25, 0.3) is 0 Å². The van der Waals surface area contributed by atoms with Gasteiger partial charge in [0, 0.05) is 6.42 Å². The van der Waals surface area contributed by atoms with Crippen LogP contribution in [0.1, 0.15) is 32.8 Å². The van der Waals surface area contributed by atoms with Crippen LogP contribution in [-0.4, -0.2) is 44.9 Å². The van der Waals surface area contributed by atoms with Gasteiger partial charge in [-0.1, -0.05) is 24.3 Å². The lowest BCUT2D eigenvalue weighted by molar-refractivity contribution is -0.154. The van der Waals surface area contributed by atoms with E-state index in [-0.39, 0.29) is 17.2 Å². The monoisotopic (exact) mass is 473 g/mol. The minimum absolute atomic E-state index is 0.0101. The number of aryl methyl sites for hydroxylation is 1. The standard InChI is InChI=1S/C23H27N3O6S/c1-15(21(28)26-19-8-6-5-7-18(19)25-22(29)23(26,2)3)32-20(27)14-11-16-9-12-17(13-10-16)33(30,31)24-4/h5-10,12-13,15,24H,11,14H2,1-4H3,(H,25,29)/t15-/m1/s1. The zero-order valence-electron chi connectivity index (χ0n) is 18.9. The molecule has 2 N–H and O–H groups in total. The molecule has 1 heterocycles. The number of anilines is 2. The van der Waals surface area contributed by atoms with Crippen molar-refractivity contribution in [3.63, 3.8) is 0 Å². The second kappa shape index (κ2) is 9.32. The van der Waals surface area contributed by atoms with Crippen molar-refractivity contribution in [2.45, 2.75) is 50.2 Å². The quantitative estimate of drug-likeness (QED) is 0.595. The second-order valence-corrected chi connectivity index (χ2v) is 10.1. The van der Waals surface area contributed by atoms with Gasteiger partial charge in [0.05, 0.1) is 16.3 Å². The van der Waals surface area contributed by atoms with Gasteiger partial charge in [0.1, 0.15) is 5.54 Å². The van der Waals surface area contributed by atoms with Gasteiger partial charge in [-0.3, -0.25) is 19.3 Å². The summed E-state index contributed by atoms with van der Waals surface area (Å²) in [6, 6.07) is 13.1. The highest BCUT2D eigenvalue weighted by molar-refractivity contribution is 7.89. The van der Waals surface area contributed by atoms with E-state index in [1.165, 1.54) is 31.0 Å². The van der Waals surface area contributed by atoms with Crippen LogP contribution in [0.2, 0.25) is 0 Å². The first-order chi connectivity index (χ1) is 15.5. The summed E-state index contributed by atoms with van der Waals surface area (Å²) >= 11 is 0. The van der Waals surface area contributed by atoms with Gasteiger partial charge in [0.25, 0.3) is 5.91 Å². The average Bonchev–Trinajstić information content (AvgIpc) is 2.78. The van der Waals surface area contributed by atoms with E-state index < -0.39 is 33.5 Å². The number of hydrogen-bond donors (Lipinski definition) is 2. The molecule has 0 saturated carbocycles. The van der Waals surface area contributed by atoms with Crippen LogP contribution >= 0.6 is 0 Å². The zero-order chi connectivity index (χ0) is 24.4. The summed E-state index contributed by atoms with van der Waals surface area (Å²) in [7, 11) is -2.20. The summed E-state index contributed by atoms with van der Waals surface area (Å²) < 4.78 is 31.2. The van der Waals surface area contributed by atoms with Crippen LogP contribution < -0.4 is 14.9 Å². The number of nitrogens with one attached hydrogen (secondary N) is 2. The summed E-state index contributed by atoms with van der Waals surface area (Å²) in [5.74, 6) is -1.41. The number of para-hydroxylation sites is 2. The zero-order valence-corrected chi connectivity index (χ0v) is 19.7. The van der Waals surface area contributed by atoms with E-state index in [1.807, 2.05) is 0 Å². The molecule has 3 rings (SSSR count). The fourth-order valence-corrected chi connectivity index (χ4v) is 4.26. The number of hydrogen-bond acceptors (Lipinski definition) is 6. The van der Waals surface area contributed by atoms with Crippen LogP contribution in [0.15, 0.2) is 53.4 Å². The van der Waals surface area contributed by atoms with Gasteiger partial charge in [-0.15, -0.1) is 0 Å². The third-order valence-corrected chi connectivity index (χ3v) is 6.93. The fraction of sp³-hybridized carbons (Fsp3) is 0.348. The first-order valence-electron chi connectivity index (χ1n) is 10.4. The highest BCUT2D eigenvalue weighted by Crippen LogP contribution is 2.37. The molecule has 33 heavy (non-hydrogen) atoms. The van der Waals surface area contributed by atoms with Crippen molar-refractivity contribution in [3.05, 3.63) is 54.1 Å². The Labute approximate surface area is 193 Å². The van der Waals surface area contributed by atoms with Crippen LogP contribution in [0.3, 0.4) is 0 Å². The van der Waals surface area contributed by atoms with Gasteiger partial charge in [-0.2, -0.15) is 0 Å². The van der Waals surface area contributed by atoms with Crippen molar-refractivity contribution >= 4 is 39.2 Å². The number of nitrogens with zero attached hydrogens (tertiary/aromatic N) is 1. The number of rotatable bonds is 7. The predicted molar refractivity (Wildman–Crippen MR) is 123 cm³/mol. The summed E-state index contributed by atoms with van der Waals surface area (Å²) in [4.78, 5) is 39.6. The molecule has 0 fully saturated rings. The molecular weight excluding hydrogens is 446 g/mol. The van der Waals surface area contributed by atoms with E-state index in [1.54, 1.807) is 50.2 Å². The maximum absolute atomic E-state index is 13.2. The summed E-state index contributed by atoms with van der Waals surface area (Å²) in [5, 5.41) is 2.79. The van der Waals surface area contributed by atoms with E-state index in [0.717, 1.165) is 5.56 Å². The van der Waals surface area contributed by atoms with Gasteiger partial charge < -0.3 is 10.1 Å². The van der Waals surface area contributed by atoms with E-state index in [2.05, 4.69) is 10.0 Å². The molecule has 0 radical (unpaired) electrons. The van der Waals surface area contributed by atoms with Gasteiger partial charge in [-0.25, -0.2) is 13.1 Å². The van der Waals surface area contributed by atoms with Crippen molar-refractivity contribution in [2.24, 2.45) is 0 Å². The lowest BCUT2D eigenvalue weighted by Crippen LogP contribution is -2.60. The smallest absolute Gasteiger partial charge is 0.306 e. The van der Waals surface area contributed by atoms with Gasteiger partial charge >= 0.3 is 5.97 Å². The average molecular weight is 474 g/mol. The molecule has 0 aromatic heterocycles. The van der Waals surface area contributed by atoms with Gasteiger partial charge in [-0.05, 0) is 64.1 Å². The highest BCUT2D eigenvalue weighted by atomic mass is 32.2. The minimum Gasteiger partial charge on any atom is -0.453 e. The lowest BCUT2D eigenvalue weighted by Gasteiger charge is -2.42. The number of ether oxygens (including phenoxy) is 1. The molecule has 2 aromatic carbocycles. The molecule has 1 aliphatic rings. The summed E-state index contributed by atoms with van der Waals surface area (Å²) in [6.07, 6.45) is -0.769. The molecule has 2 amide bonds. The molecule has 1 atom stereocenters. The molecule has 0 unspecified atom stereocenters. The third kappa shape index (κ3) is 5.07. The molecule has 0 saturated heterocycles. The Morgan fingerprint density at radius 3 is 2.39 bits per heavy atom. The number of carbonyl (C=O) groups excluding carboxylic acids is 3. The molecule has 9 nitrogen and oxygen atoms in total. The molecule has 1 aliphatic heterocycles. The van der Waals surface area contributed by atoms with Gasteiger partial charge in [0.2, 0.25) is 15.9 Å². The fourth-order valence-electron chi connectivity index (χ4n) is 3.53. The molecule has 176 valence electrons. The molecule has 0 aliphatic carbocycles. The van der Waals surface area contributed by atoms with Crippen molar-refractivity contribution < 1.29 is 27.5 Å². The minimum atomic E-state index is -3.53. The molecule has 10 heteroatoms. The number of amides is 2. The molecule has 2 aromatic rings. The maximum Gasteiger partial charge on any atom is 0.306 e.